The zero-order valence-corrected chi connectivity index (χ0v) is 21.7. The number of hydrogen-bond acceptors (Lipinski definition) is 7. The molecule has 2 aromatic rings. The van der Waals surface area contributed by atoms with Crippen molar-refractivity contribution in [1.29, 1.82) is 0 Å². The summed E-state index contributed by atoms with van der Waals surface area (Å²) in [4.78, 5) is 27.6. The van der Waals surface area contributed by atoms with Crippen molar-refractivity contribution in [2.45, 2.75) is 25.9 Å². The van der Waals surface area contributed by atoms with E-state index >= 15 is 0 Å². The molecule has 0 unspecified atom stereocenters. The van der Waals surface area contributed by atoms with Gasteiger partial charge in [0.1, 0.15) is 18.3 Å². The molecule has 0 saturated carbocycles. The van der Waals surface area contributed by atoms with E-state index in [1.165, 1.54) is 45.4 Å². The predicted molar refractivity (Wildman–Crippen MR) is 133 cm³/mol. The zero-order valence-electron chi connectivity index (χ0n) is 20.9. The average molecular weight is 508 g/mol. The van der Waals surface area contributed by atoms with Crippen molar-refractivity contribution < 1.29 is 32.2 Å². The first-order valence-electron chi connectivity index (χ1n) is 10.9. The molecule has 10 nitrogen and oxygen atoms in total. The Morgan fingerprint density at radius 1 is 1.00 bits per heavy atom. The number of ether oxygens (including phenoxy) is 3. The third-order valence-electron chi connectivity index (χ3n) is 5.45. The van der Waals surface area contributed by atoms with Crippen LogP contribution >= 0.6 is 0 Å². The van der Waals surface area contributed by atoms with E-state index in [-0.39, 0.29) is 18.1 Å². The zero-order chi connectivity index (χ0) is 26.2. The fourth-order valence-corrected chi connectivity index (χ4v) is 4.49. The monoisotopic (exact) mass is 507 g/mol. The Morgan fingerprint density at radius 2 is 1.69 bits per heavy atom. The van der Waals surface area contributed by atoms with Gasteiger partial charge in [0.25, 0.3) is 0 Å². The smallest absolute Gasteiger partial charge is 0.244 e. The molecule has 0 spiro atoms. The van der Waals surface area contributed by atoms with Gasteiger partial charge in [0.2, 0.25) is 21.8 Å². The number of sulfonamides is 1. The first-order valence-corrected chi connectivity index (χ1v) is 12.8. The van der Waals surface area contributed by atoms with E-state index in [0.29, 0.717) is 23.7 Å². The highest BCUT2D eigenvalue weighted by molar-refractivity contribution is 7.92. The fraction of sp³-hybridized carbons (Fsp3) is 0.417. The Balaban J connectivity index is 2.48. The highest BCUT2D eigenvalue weighted by atomic mass is 32.2. The molecule has 0 radical (unpaired) electrons. The molecular formula is C24H33N3O7S. The number of hydrogen-bond donors (Lipinski definition) is 1. The van der Waals surface area contributed by atoms with Crippen LogP contribution in [0.3, 0.4) is 0 Å². The normalized spacial score (nSPS) is 11.8. The summed E-state index contributed by atoms with van der Waals surface area (Å²) in [5.74, 6) is 0.452. The maximum absolute atomic E-state index is 13.6. The first kappa shape index (κ1) is 27.8. The summed E-state index contributed by atoms with van der Waals surface area (Å²) in [5, 5.41) is 2.58. The lowest BCUT2D eigenvalue weighted by atomic mass is 10.1. The minimum absolute atomic E-state index is 0.0888. The minimum atomic E-state index is -3.86. The second kappa shape index (κ2) is 12.3. The Labute approximate surface area is 206 Å². The molecule has 1 N–H and O–H groups in total. The van der Waals surface area contributed by atoms with Gasteiger partial charge in [-0.1, -0.05) is 19.1 Å². The molecule has 35 heavy (non-hydrogen) atoms. The van der Waals surface area contributed by atoms with Crippen LogP contribution in [0.4, 0.5) is 5.69 Å². The van der Waals surface area contributed by atoms with Crippen molar-refractivity contribution in [3.63, 3.8) is 0 Å². The highest BCUT2D eigenvalue weighted by Gasteiger charge is 2.31. The van der Waals surface area contributed by atoms with E-state index in [2.05, 4.69) is 5.32 Å². The summed E-state index contributed by atoms with van der Waals surface area (Å²) < 4.78 is 42.2. The van der Waals surface area contributed by atoms with Crippen molar-refractivity contribution in [2.24, 2.45) is 0 Å². The fourth-order valence-electron chi connectivity index (χ4n) is 3.65. The van der Waals surface area contributed by atoms with Gasteiger partial charge < -0.3 is 24.4 Å². The Hall–Kier alpha value is -3.47. The van der Waals surface area contributed by atoms with Crippen molar-refractivity contribution >= 4 is 27.5 Å². The molecule has 2 aromatic carbocycles. The predicted octanol–water partition coefficient (Wildman–Crippen LogP) is 2.03. The summed E-state index contributed by atoms with van der Waals surface area (Å²) in [6.45, 7) is 1.37. The van der Waals surface area contributed by atoms with Gasteiger partial charge in [0, 0.05) is 19.7 Å². The van der Waals surface area contributed by atoms with Crippen molar-refractivity contribution in [3.8, 4) is 17.2 Å². The minimum Gasteiger partial charge on any atom is -0.497 e. The molecule has 192 valence electrons. The van der Waals surface area contributed by atoms with E-state index in [0.717, 1.165) is 16.1 Å². The van der Waals surface area contributed by atoms with Gasteiger partial charge in [-0.3, -0.25) is 13.9 Å². The quantitative estimate of drug-likeness (QED) is 0.468. The summed E-state index contributed by atoms with van der Waals surface area (Å²) in [6.07, 6.45) is 1.35. The van der Waals surface area contributed by atoms with Gasteiger partial charge >= 0.3 is 0 Å². The molecule has 0 fully saturated rings. The SMILES string of the molecule is CC[C@@H](C(=O)NC)N(Cc1cccc(OC)c1)C(=O)CN(c1ccc(OC)c(OC)c1)S(C)(=O)=O. The molecule has 1 atom stereocenters. The largest absolute Gasteiger partial charge is 0.497 e. The van der Waals surface area contributed by atoms with Gasteiger partial charge in [-0.05, 0) is 36.2 Å². The molecule has 2 rings (SSSR count). The van der Waals surface area contributed by atoms with Crippen LogP contribution in [0.2, 0.25) is 0 Å². The van der Waals surface area contributed by atoms with Gasteiger partial charge in [-0.25, -0.2) is 8.42 Å². The van der Waals surface area contributed by atoms with Crippen LogP contribution in [0.25, 0.3) is 0 Å². The summed E-state index contributed by atoms with van der Waals surface area (Å²) >= 11 is 0. The van der Waals surface area contributed by atoms with Crippen molar-refractivity contribution in [1.82, 2.24) is 10.2 Å². The summed E-state index contributed by atoms with van der Waals surface area (Å²) in [7, 11) is 2.06. The van der Waals surface area contributed by atoms with Gasteiger partial charge in [-0.2, -0.15) is 0 Å². The number of methoxy groups -OCH3 is 3. The van der Waals surface area contributed by atoms with Crippen molar-refractivity contribution in [3.05, 3.63) is 48.0 Å². The molecule has 2 amide bonds. The number of likely N-dealkylation sites (N-methyl/N-ethyl adjacent to an activating group) is 1. The van der Waals surface area contributed by atoms with E-state index in [4.69, 9.17) is 14.2 Å². The third kappa shape index (κ3) is 7.01. The van der Waals surface area contributed by atoms with E-state index in [9.17, 15) is 18.0 Å². The molecule has 0 aromatic heterocycles. The van der Waals surface area contributed by atoms with E-state index in [1.54, 1.807) is 31.2 Å². The number of anilines is 1. The molecule has 0 aliphatic heterocycles. The highest BCUT2D eigenvalue weighted by Crippen LogP contribution is 2.32. The number of nitrogens with one attached hydrogen (secondary N) is 1. The van der Waals surface area contributed by atoms with Crippen LogP contribution in [0, 0.1) is 0 Å². The maximum Gasteiger partial charge on any atom is 0.244 e. The molecule has 0 heterocycles. The van der Waals surface area contributed by atoms with Crippen LogP contribution in [0.15, 0.2) is 42.5 Å². The summed E-state index contributed by atoms with van der Waals surface area (Å²) in [6, 6.07) is 10.9. The molecule has 11 heteroatoms. The molecule has 0 saturated heterocycles. The summed E-state index contributed by atoms with van der Waals surface area (Å²) in [5.41, 5.74) is 0.963. The van der Waals surface area contributed by atoms with Crippen LogP contribution < -0.4 is 23.8 Å². The number of carbonyl (C=O) groups excluding carboxylic acids is 2. The second-order valence-electron chi connectivity index (χ2n) is 7.72. The van der Waals surface area contributed by atoms with Crippen molar-refractivity contribution in [2.75, 3.05) is 45.5 Å². The Morgan fingerprint density at radius 3 is 2.23 bits per heavy atom. The third-order valence-corrected chi connectivity index (χ3v) is 6.59. The lowest BCUT2D eigenvalue weighted by Crippen LogP contribution is -2.51. The molecule has 0 aliphatic rings. The lowest BCUT2D eigenvalue weighted by molar-refractivity contribution is -0.140. The maximum atomic E-state index is 13.6. The van der Waals surface area contributed by atoms with Gasteiger partial charge in [0.05, 0.1) is 33.3 Å². The van der Waals surface area contributed by atoms with Gasteiger partial charge in [0.15, 0.2) is 11.5 Å². The van der Waals surface area contributed by atoms with Crippen LogP contribution in [0.5, 0.6) is 17.2 Å². The van der Waals surface area contributed by atoms with Gasteiger partial charge in [-0.15, -0.1) is 0 Å². The first-order chi connectivity index (χ1) is 16.6. The Bertz CT molecular complexity index is 1140. The number of benzene rings is 2. The van der Waals surface area contributed by atoms with Crippen LogP contribution in [-0.2, 0) is 26.2 Å². The topological polar surface area (TPSA) is 114 Å². The molecular weight excluding hydrogens is 474 g/mol. The number of rotatable bonds is 12. The van der Waals surface area contributed by atoms with E-state index < -0.39 is 28.5 Å². The van der Waals surface area contributed by atoms with Crippen LogP contribution in [0.1, 0.15) is 18.9 Å². The Kier molecular flexibility index (Phi) is 9.76. The second-order valence-corrected chi connectivity index (χ2v) is 9.63. The average Bonchev–Trinajstić information content (AvgIpc) is 2.85. The molecule has 0 bridgehead atoms. The lowest BCUT2D eigenvalue weighted by Gasteiger charge is -2.32. The number of nitrogens with zero attached hydrogens (tertiary/aromatic N) is 2. The molecule has 0 aliphatic carbocycles. The van der Waals surface area contributed by atoms with E-state index in [1.807, 2.05) is 6.07 Å². The van der Waals surface area contributed by atoms with Crippen LogP contribution in [-0.4, -0.2) is 72.4 Å². The standard InChI is InChI=1S/C24H33N3O7S/c1-7-20(24(29)25-2)26(15-17-9-8-10-19(13-17)32-3)23(28)16-27(35(6,30)31)18-11-12-21(33-4)22(14-18)34-5/h8-14,20H,7,15-16H2,1-6H3,(H,25,29)/t20-/m0/s1. The number of amides is 2. The number of carbonyl (C=O) groups is 2.